The Labute approximate surface area is 112 Å². The van der Waals surface area contributed by atoms with E-state index in [1.165, 1.54) is 4.68 Å². The first-order chi connectivity index (χ1) is 8.15. The maximum Gasteiger partial charge on any atom is 0.355 e. The zero-order valence-corrected chi connectivity index (χ0v) is 11.2. The second-order valence-corrected chi connectivity index (χ2v) is 4.45. The summed E-state index contributed by atoms with van der Waals surface area (Å²) in [6.07, 6.45) is 3.33. The van der Waals surface area contributed by atoms with E-state index in [4.69, 9.17) is 5.11 Å². The molecule has 6 heteroatoms. The fourth-order valence-electron chi connectivity index (χ4n) is 1.57. The lowest BCUT2D eigenvalue weighted by Gasteiger charge is -1.98. The lowest BCUT2D eigenvalue weighted by atomic mass is 10.2. The third-order valence-electron chi connectivity index (χ3n) is 2.35. The molecule has 0 amide bonds. The van der Waals surface area contributed by atoms with Crippen molar-refractivity contribution >= 4 is 28.6 Å². The zero-order valence-electron chi connectivity index (χ0n) is 9.09. The summed E-state index contributed by atoms with van der Waals surface area (Å²) in [6, 6.07) is 3.63. The van der Waals surface area contributed by atoms with Crippen molar-refractivity contribution in [1.29, 1.82) is 0 Å². The quantitative estimate of drug-likeness (QED) is 0.869. The number of nitrogens with zero attached hydrogens (tertiary/aromatic N) is 3. The highest BCUT2D eigenvalue weighted by molar-refractivity contribution is 14.1. The van der Waals surface area contributed by atoms with Crippen LogP contribution in [0.2, 0.25) is 0 Å². The fourth-order valence-corrected chi connectivity index (χ4v) is 2.50. The molecule has 5 nitrogen and oxygen atoms in total. The second kappa shape index (κ2) is 4.82. The highest BCUT2D eigenvalue weighted by atomic mass is 127. The summed E-state index contributed by atoms with van der Waals surface area (Å²) in [5.74, 6) is -0.955. The van der Waals surface area contributed by atoms with Gasteiger partial charge in [0.1, 0.15) is 5.69 Å². The molecule has 0 aliphatic rings. The van der Waals surface area contributed by atoms with Crippen molar-refractivity contribution in [3.05, 3.63) is 33.8 Å². The number of aromatic carboxylic acids is 1. The summed E-state index contributed by atoms with van der Waals surface area (Å²) in [4.78, 5) is 15.1. The van der Waals surface area contributed by atoms with E-state index in [-0.39, 0.29) is 5.69 Å². The minimum Gasteiger partial charge on any atom is -0.476 e. The van der Waals surface area contributed by atoms with Crippen LogP contribution in [0.15, 0.2) is 24.5 Å². The van der Waals surface area contributed by atoms with Crippen molar-refractivity contribution in [2.45, 2.75) is 13.5 Å². The fraction of sp³-hybridized carbons (Fsp3) is 0.182. The van der Waals surface area contributed by atoms with Gasteiger partial charge < -0.3 is 5.11 Å². The van der Waals surface area contributed by atoms with Crippen LogP contribution in [0.3, 0.4) is 0 Å². The predicted molar refractivity (Wildman–Crippen MR) is 70.8 cm³/mol. The second-order valence-electron chi connectivity index (χ2n) is 3.37. The molecule has 0 aromatic carbocycles. The molecule has 0 aliphatic carbocycles. The molecule has 0 fully saturated rings. The molecule has 2 rings (SSSR count). The number of hydrogen-bond donors (Lipinski definition) is 1. The number of hydrogen-bond acceptors (Lipinski definition) is 3. The van der Waals surface area contributed by atoms with Crippen molar-refractivity contribution in [2.75, 3.05) is 0 Å². The molecule has 0 saturated heterocycles. The van der Waals surface area contributed by atoms with Crippen molar-refractivity contribution in [1.82, 2.24) is 14.8 Å². The van der Waals surface area contributed by atoms with Gasteiger partial charge in [0.2, 0.25) is 0 Å². The van der Waals surface area contributed by atoms with Crippen LogP contribution in [0, 0.1) is 3.57 Å². The number of carboxylic acids is 1. The molecular formula is C11H10IN3O2. The number of halogens is 1. The number of pyridine rings is 1. The average Bonchev–Trinajstić information content (AvgIpc) is 2.67. The maximum absolute atomic E-state index is 11.2. The van der Waals surface area contributed by atoms with E-state index in [0.29, 0.717) is 15.8 Å². The lowest BCUT2D eigenvalue weighted by molar-refractivity contribution is 0.0682. The number of aromatic nitrogens is 3. The molecule has 17 heavy (non-hydrogen) atoms. The van der Waals surface area contributed by atoms with E-state index in [0.717, 1.165) is 5.56 Å². The molecule has 2 heterocycles. The van der Waals surface area contributed by atoms with Gasteiger partial charge in [-0.25, -0.2) is 4.79 Å². The smallest absolute Gasteiger partial charge is 0.355 e. The van der Waals surface area contributed by atoms with Gasteiger partial charge in [0.05, 0.1) is 3.57 Å². The summed E-state index contributed by atoms with van der Waals surface area (Å²) in [6.45, 7) is 2.40. The molecule has 88 valence electrons. The number of rotatable bonds is 3. The average molecular weight is 343 g/mol. The predicted octanol–water partition coefficient (Wildman–Crippen LogP) is 2.27. The molecule has 0 saturated carbocycles. The highest BCUT2D eigenvalue weighted by Crippen LogP contribution is 2.26. The highest BCUT2D eigenvalue weighted by Gasteiger charge is 2.21. The maximum atomic E-state index is 11.2. The van der Waals surface area contributed by atoms with Crippen molar-refractivity contribution in [3.8, 4) is 11.3 Å². The van der Waals surface area contributed by atoms with Crippen LogP contribution in [0.1, 0.15) is 17.4 Å². The molecule has 0 unspecified atom stereocenters. The van der Waals surface area contributed by atoms with E-state index in [9.17, 15) is 4.79 Å². The molecule has 0 atom stereocenters. The van der Waals surface area contributed by atoms with E-state index in [2.05, 4.69) is 10.1 Å². The number of aryl methyl sites for hydroxylation is 1. The van der Waals surface area contributed by atoms with Gasteiger partial charge in [-0.05, 0) is 41.6 Å². The van der Waals surface area contributed by atoms with E-state index >= 15 is 0 Å². The Morgan fingerprint density at radius 3 is 2.59 bits per heavy atom. The number of carbonyl (C=O) groups is 1. The first kappa shape index (κ1) is 12.0. The van der Waals surface area contributed by atoms with E-state index in [1.54, 1.807) is 12.4 Å². The summed E-state index contributed by atoms with van der Waals surface area (Å²) >= 11 is 2.02. The Balaban J connectivity index is 2.61. The molecule has 0 aliphatic heterocycles. The van der Waals surface area contributed by atoms with Gasteiger partial charge in [-0.3, -0.25) is 9.67 Å². The minimum absolute atomic E-state index is 0.236. The zero-order chi connectivity index (χ0) is 12.4. The van der Waals surface area contributed by atoms with Gasteiger partial charge in [-0.2, -0.15) is 5.10 Å². The van der Waals surface area contributed by atoms with Gasteiger partial charge in [-0.15, -0.1) is 0 Å². The molecular weight excluding hydrogens is 333 g/mol. The lowest BCUT2D eigenvalue weighted by Crippen LogP contribution is -2.09. The van der Waals surface area contributed by atoms with Gasteiger partial charge in [0, 0.05) is 24.5 Å². The largest absolute Gasteiger partial charge is 0.476 e. The van der Waals surface area contributed by atoms with Gasteiger partial charge in [0.25, 0.3) is 0 Å². The first-order valence-corrected chi connectivity index (χ1v) is 6.13. The Kier molecular flexibility index (Phi) is 3.41. The first-order valence-electron chi connectivity index (χ1n) is 5.05. The molecule has 1 N–H and O–H groups in total. The van der Waals surface area contributed by atoms with E-state index < -0.39 is 5.97 Å². The Bertz CT molecular complexity index is 551. The van der Waals surface area contributed by atoms with Crippen molar-refractivity contribution in [3.63, 3.8) is 0 Å². The van der Waals surface area contributed by atoms with Crippen LogP contribution in [-0.4, -0.2) is 25.8 Å². The summed E-state index contributed by atoms with van der Waals surface area (Å²) in [5, 5.41) is 13.5. The monoisotopic (exact) mass is 343 g/mol. The normalized spacial score (nSPS) is 10.5. The molecule has 0 spiro atoms. The SMILES string of the molecule is CCn1nc(-c2ccncc2)c(I)c1C(=O)O. The van der Waals surface area contributed by atoms with Crippen LogP contribution in [0.25, 0.3) is 11.3 Å². The van der Waals surface area contributed by atoms with Gasteiger partial charge >= 0.3 is 5.97 Å². The third kappa shape index (κ3) is 2.17. The van der Waals surface area contributed by atoms with Gasteiger partial charge in [-0.1, -0.05) is 0 Å². The van der Waals surface area contributed by atoms with Gasteiger partial charge in [0.15, 0.2) is 5.69 Å². The van der Waals surface area contributed by atoms with Crippen molar-refractivity contribution < 1.29 is 9.90 Å². The molecule has 0 bridgehead atoms. The molecule has 2 aromatic heterocycles. The summed E-state index contributed by atoms with van der Waals surface area (Å²) in [7, 11) is 0. The van der Waals surface area contributed by atoms with E-state index in [1.807, 2.05) is 41.6 Å². The van der Waals surface area contributed by atoms with Crippen molar-refractivity contribution in [2.24, 2.45) is 0 Å². The van der Waals surface area contributed by atoms with Crippen LogP contribution >= 0.6 is 22.6 Å². The van der Waals surface area contributed by atoms with Crippen LogP contribution in [-0.2, 0) is 6.54 Å². The Morgan fingerprint density at radius 1 is 1.47 bits per heavy atom. The van der Waals surface area contributed by atoms with Crippen LogP contribution in [0.5, 0.6) is 0 Å². The summed E-state index contributed by atoms with van der Waals surface area (Å²) < 4.78 is 2.16. The number of carboxylic acid groups (broad SMARTS) is 1. The standard InChI is InChI=1S/C11H10IN3O2/c1-2-15-10(11(16)17)8(12)9(14-15)7-3-5-13-6-4-7/h3-6H,2H2,1H3,(H,16,17). The van der Waals surface area contributed by atoms with Crippen LogP contribution in [0.4, 0.5) is 0 Å². The topological polar surface area (TPSA) is 68.0 Å². The Morgan fingerprint density at radius 2 is 2.12 bits per heavy atom. The minimum atomic E-state index is -0.955. The molecule has 2 aromatic rings. The third-order valence-corrected chi connectivity index (χ3v) is 3.37. The molecule has 0 radical (unpaired) electrons. The Hall–Kier alpha value is -1.44. The summed E-state index contributed by atoms with van der Waals surface area (Å²) in [5.41, 5.74) is 1.80. The van der Waals surface area contributed by atoms with Crippen LogP contribution < -0.4 is 0 Å².